The van der Waals surface area contributed by atoms with Crippen molar-refractivity contribution in [3.05, 3.63) is 42.5 Å². The molecule has 0 amide bonds. The molecule has 186 valence electrons. The van der Waals surface area contributed by atoms with Gasteiger partial charge in [0.25, 0.3) is 11.4 Å². The number of likely N-dealkylation sites (N-methyl/N-ethyl adjacent to an activating group) is 2. The highest BCUT2D eigenvalue weighted by atomic mass is 16.6. The van der Waals surface area contributed by atoms with E-state index >= 15 is 0 Å². The topological polar surface area (TPSA) is 150 Å². The highest BCUT2D eigenvalue weighted by Gasteiger charge is 2.30. The van der Waals surface area contributed by atoms with Gasteiger partial charge in [0.15, 0.2) is 0 Å². The van der Waals surface area contributed by atoms with Gasteiger partial charge >= 0.3 is 11.4 Å². The lowest BCUT2D eigenvalue weighted by Gasteiger charge is -2.38. The van der Waals surface area contributed by atoms with E-state index in [4.69, 9.17) is 5.11 Å². The van der Waals surface area contributed by atoms with Gasteiger partial charge in [-0.1, -0.05) is 6.92 Å². The number of aromatic hydroxyl groups is 1. The van der Waals surface area contributed by atoms with Gasteiger partial charge in [0.05, 0.1) is 67.2 Å². The van der Waals surface area contributed by atoms with Gasteiger partial charge in [0, 0.05) is 0 Å². The monoisotopic (exact) mass is 471 g/mol. The first kappa shape index (κ1) is 28.2. The third-order valence-electron chi connectivity index (χ3n) is 6.92. The second-order valence-electron chi connectivity index (χ2n) is 9.41. The Balaban J connectivity index is 0.000000331. The zero-order chi connectivity index (χ0) is 25.4. The van der Waals surface area contributed by atoms with E-state index in [0.29, 0.717) is 12.1 Å². The van der Waals surface area contributed by atoms with Crippen molar-refractivity contribution in [1.82, 2.24) is 0 Å². The van der Waals surface area contributed by atoms with Gasteiger partial charge in [-0.2, -0.15) is 0 Å². The van der Waals surface area contributed by atoms with Crippen LogP contribution in [0.15, 0.2) is 12.1 Å². The minimum atomic E-state index is -1.21. The maximum Gasteiger partial charge on any atom is 0.324 e. The fourth-order valence-electron chi connectivity index (χ4n) is 3.83. The Hall–Kier alpha value is -2.86. The summed E-state index contributed by atoms with van der Waals surface area (Å²) in [5.74, 6) is -0.256. The first-order chi connectivity index (χ1) is 15.3. The molecule has 0 spiro atoms. The number of benzene rings is 1. The number of nitrogens with zero attached hydrogens (tertiary/aromatic N) is 5. The number of non-ortho nitro benzene ring substituents is 1. The standard InChI is InChI=1S/C15H34N2.C6H3N3O7/c1-6-16(4,7-2)13-14-17(5)11-8-9-15(3)10-12-17;10-6-4(8(13)14)1-3(7(11)12)2-5(6)9(15)16/h15H,6-14H2,1-5H3;1-2,10H/q+2;. The van der Waals surface area contributed by atoms with E-state index in [1.807, 2.05) is 0 Å². The molecular formula is C21H37N5O7+2. The van der Waals surface area contributed by atoms with Gasteiger partial charge < -0.3 is 14.1 Å². The van der Waals surface area contributed by atoms with Crippen molar-refractivity contribution >= 4 is 17.1 Å². The zero-order valence-electron chi connectivity index (χ0n) is 20.2. The molecule has 1 N–H and O–H groups in total. The van der Waals surface area contributed by atoms with Crippen LogP contribution in [0.3, 0.4) is 0 Å². The normalized spacial score (nSPS) is 20.8. The Bertz CT molecular complexity index is 824. The number of phenolic OH excluding ortho intramolecular Hbond substituents is 1. The first-order valence-corrected chi connectivity index (χ1v) is 11.2. The molecule has 1 saturated heterocycles. The third-order valence-corrected chi connectivity index (χ3v) is 6.92. The average Bonchev–Trinajstić information content (AvgIpc) is 2.93. The van der Waals surface area contributed by atoms with E-state index < -0.39 is 37.6 Å². The number of hydrogen-bond donors (Lipinski definition) is 1. The predicted molar refractivity (Wildman–Crippen MR) is 124 cm³/mol. The summed E-state index contributed by atoms with van der Waals surface area (Å²) in [5.41, 5.74) is -3.00. The average molecular weight is 472 g/mol. The minimum Gasteiger partial charge on any atom is -0.497 e. The Morgan fingerprint density at radius 2 is 1.52 bits per heavy atom. The van der Waals surface area contributed by atoms with Gasteiger partial charge in [-0.25, -0.2) is 0 Å². The second kappa shape index (κ2) is 11.8. The van der Waals surface area contributed by atoms with E-state index in [1.165, 1.54) is 67.5 Å². The van der Waals surface area contributed by atoms with Gasteiger partial charge in [0.2, 0.25) is 0 Å². The van der Waals surface area contributed by atoms with Crippen LogP contribution in [-0.4, -0.2) is 82.2 Å². The van der Waals surface area contributed by atoms with Crippen molar-refractivity contribution in [1.29, 1.82) is 0 Å². The number of nitro groups is 3. The van der Waals surface area contributed by atoms with Crippen LogP contribution in [0.5, 0.6) is 5.75 Å². The summed E-state index contributed by atoms with van der Waals surface area (Å²) in [6.45, 7) is 15.1. The maximum atomic E-state index is 10.4. The minimum absolute atomic E-state index is 0.447. The van der Waals surface area contributed by atoms with E-state index in [9.17, 15) is 30.3 Å². The molecule has 1 aliphatic heterocycles. The summed E-state index contributed by atoms with van der Waals surface area (Å²) >= 11 is 0. The molecule has 1 aromatic rings. The summed E-state index contributed by atoms with van der Waals surface area (Å²) in [6.07, 6.45) is 4.31. The van der Waals surface area contributed by atoms with Crippen molar-refractivity contribution in [3.8, 4) is 5.75 Å². The molecule has 12 nitrogen and oxygen atoms in total. The van der Waals surface area contributed by atoms with Crippen LogP contribution in [0.4, 0.5) is 17.1 Å². The lowest BCUT2D eigenvalue weighted by atomic mass is 10.0. The van der Waals surface area contributed by atoms with Gasteiger partial charge in [0.1, 0.15) is 13.1 Å². The molecule has 2 unspecified atom stereocenters. The van der Waals surface area contributed by atoms with E-state index in [0.717, 1.165) is 5.92 Å². The number of quaternary nitrogens is 2. The Kier molecular flexibility index (Phi) is 10.1. The highest BCUT2D eigenvalue weighted by Crippen LogP contribution is 2.38. The molecule has 2 rings (SSSR count). The van der Waals surface area contributed by atoms with Crippen LogP contribution in [0.25, 0.3) is 0 Å². The molecular weight excluding hydrogens is 434 g/mol. The number of rotatable bonds is 8. The summed E-state index contributed by atoms with van der Waals surface area (Å²) in [6, 6.07) is 0.894. The van der Waals surface area contributed by atoms with Gasteiger partial charge in [-0.3, -0.25) is 30.3 Å². The molecule has 0 bridgehead atoms. The van der Waals surface area contributed by atoms with Crippen molar-refractivity contribution in [2.24, 2.45) is 5.92 Å². The molecule has 0 saturated carbocycles. The van der Waals surface area contributed by atoms with E-state index in [1.54, 1.807) is 0 Å². The van der Waals surface area contributed by atoms with Crippen LogP contribution in [0.1, 0.15) is 40.0 Å². The van der Waals surface area contributed by atoms with Crippen LogP contribution in [0, 0.1) is 36.3 Å². The number of nitro benzene ring substituents is 3. The van der Waals surface area contributed by atoms with Crippen molar-refractivity contribution in [3.63, 3.8) is 0 Å². The fourth-order valence-corrected chi connectivity index (χ4v) is 3.83. The number of phenols is 1. The molecule has 1 heterocycles. The predicted octanol–water partition coefficient (Wildman–Crippen LogP) is 3.86. The molecule has 0 radical (unpaired) electrons. The molecule has 12 heteroatoms. The summed E-state index contributed by atoms with van der Waals surface area (Å²) in [4.78, 5) is 27.8. The summed E-state index contributed by atoms with van der Waals surface area (Å²) in [7, 11) is 4.89. The lowest BCUT2D eigenvalue weighted by molar-refractivity contribution is -0.962. The SMILES string of the molecule is CC[N+](C)(CC)CC[N+]1(C)CCCC(C)CC1.O=[N+]([O-])c1cc([N+](=O)[O-])c(O)c([N+](=O)[O-])c1. The smallest absolute Gasteiger partial charge is 0.324 e. The quantitative estimate of drug-likeness (QED) is 0.343. The molecule has 0 aliphatic carbocycles. The largest absolute Gasteiger partial charge is 0.497 e. The Morgan fingerprint density at radius 1 is 1.00 bits per heavy atom. The highest BCUT2D eigenvalue weighted by molar-refractivity contribution is 5.64. The fraction of sp³-hybridized carbons (Fsp3) is 0.714. The molecule has 0 aromatic heterocycles. The summed E-state index contributed by atoms with van der Waals surface area (Å²) < 4.78 is 2.56. The lowest BCUT2D eigenvalue weighted by Crippen LogP contribution is -2.54. The number of likely N-dealkylation sites (tertiary alicyclic amines) is 1. The molecule has 1 aromatic carbocycles. The Labute approximate surface area is 194 Å². The van der Waals surface area contributed by atoms with Crippen LogP contribution in [-0.2, 0) is 0 Å². The van der Waals surface area contributed by atoms with Crippen molar-refractivity contribution < 1.29 is 28.8 Å². The Morgan fingerprint density at radius 3 is 1.94 bits per heavy atom. The van der Waals surface area contributed by atoms with Crippen molar-refractivity contribution in [2.75, 3.05) is 53.4 Å². The van der Waals surface area contributed by atoms with Crippen LogP contribution >= 0.6 is 0 Å². The zero-order valence-corrected chi connectivity index (χ0v) is 20.2. The number of hydrogen-bond acceptors (Lipinski definition) is 7. The summed E-state index contributed by atoms with van der Waals surface area (Å²) in [5, 5.41) is 40.2. The van der Waals surface area contributed by atoms with Crippen LogP contribution < -0.4 is 0 Å². The van der Waals surface area contributed by atoms with E-state index in [-0.39, 0.29) is 0 Å². The third kappa shape index (κ3) is 8.21. The molecule has 33 heavy (non-hydrogen) atoms. The first-order valence-electron chi connectivity index (χ1n) is 11.2. The van der Waals surface area contributed by atoms with Crippen molar-refractivity contribution in [2.45, 2.75) is 40.0 Å². The second-order valence-corrected chi connectivity index (χ2v) is 9.41. The van der Waals surface area contributed by atoms with Gasteiger partial charge in [-0.05, 0) is 39.0 Å². The molecule has 1 fully saturated rings. The van der Waals surface area contributed by atoms with Gasteiger partial charge in [-0.15, -0.1) is 0 Å². The molecule has 1 aliphatic rings. The maximum absolute atomic E-state index is 10.4. The van der Waals surface area contributed by atoms with Crippen LogP contribution in [0.2, 0.25) is 0 Å². The van der Waals surface area contributed by atoms with E-state index in [2.05, 4.69) is 34.9 Å². The molecule has 2 atom stereocenters.